The highest BCUT2D eigenvalue weighted by atomic mass is 79.9. The second-order valence-electron chi connectivity index (χ2n) is 4.68. The van der Waals surface area contributed by atoms with E-state index in [1.54, 1.807) is 11.3 Å². The Balaban J connectivity index is 1.96. The number of fused-ring (bicyclic) bond motifs is 1. The minimum Gasteiger partial charge on any atom is -0.332 e. The lowest BCUT2D eigenvalue weighted by molar-refractivity contribution is 1.33. The molecule has 2 nitrogen and oxygen atoms in total. The van der Waals surface area contributed by atoms with E-state index >= 15 is 0 Å². The Morgan fingerprint density at radius 1 is 1.15 bits per heavy atom. The van der Waals surface area contributed by atoms with E-state index in [1.165, 1.54) is 11.1 Å². The molecule has 0 amide bonds. The van der Waals surface area contributed by atoms with Gasteiger partial charge in [0.2, 0.25) is 0 Å². The maximum Gasteiger partial charge on any atom is 0.188 e. The number of nitrogens with one attached hydrogen (secondary N) is 1. The zero-order valence-electron chi connectivity index (χ0n) is 11.0. The van der Waals surface area contributed by atoms with Crippen LogP contribution in [-0.4, -0.2) is 4.98 Å². The fourth-order valence-electron chi connectivity index (χ4n) is 2.09. The molecule has 20 heavy (non-hydrogen) atoms. The molecule has 0 saturated heterocycles. The lowest BCUT2D eigenvalue weighted by Crippen LogP contribution is -1.92. The Morgan fingerprint density at radius 3 is 2.55 bits per heavy atom. The predicted molar refractivity (Wildman–Crippen MR) is 91.5 cm³/mol. The van der Waals surface area contributed by atoms with Crippen LogP contribution < -0.4 is 5.32 Å². The Hall–Kier alpha value is -1.10. The molecule has 1 heterocycles. The van der Waals surface area contributed by atoms with Crippen molar-refractivity contribution in [2.24, 2.45) is 0 Å². The third-order valence-electron chi connectivity index (χ3n) is 3.04. The van der Waals surface area contributed by atoms with Gasteiger partial charge in [0.05, 0.1) is 10.2 Å². The lowest BCUT2D eigenvalue weighted by Gasteiger charge is -2.08. The zero-order chi connectivity index (χ0) is 14.3. The first-order chi connectivity index (χ1) is 9.52. The summed E-state index contributed by atoms with van der Waals surface area (Å²) in [5, 5.41) is 4.98. The number of hydrogen-bond acceptors (Lipinski definition) is 3. The Kier molecular flexibility index (Phi) is 3.71. The van der Waals surface area contributed by atoms with E-state index in [-0.39, 0.29) is 0 Å². The number of hydrogen-bond donors (Lipinski definition) is 1. The van der Waals surface area contributed by atoms with Crippen molar-refractivity contribution in [1.29, 1.82) is 0 Å². The molecule has 3 rings (SSSR count). The van der Waals surface area contributed by atoms with Gasteiger partial charge in [0.1, 0.15) is 0 Å². The smallest absolute Gasteiger partial charge is 0.188 e. The third-order valence-corrected chi connectivity index (χ3v) is 5.46. The molecule has 0 unspecified atom stereocenters. The molecule has 5 heteroatoms. The van der Waals surface area contributed by atoms with Crippen molar-refractivity contribution in [2.45, 2.75) is 13.8 Å². The van der Waals surface area contributed by atoms with Gasteiger partial charge < -0.3 is 5.32 Å². The van der Waals surface area contributed by atoms with E-state index in [0.717, 1.165) is 30.5 Å². The first-order valence-electron chi connectivity index (χ1n) is 6.13. The van der Waals surface area contributed by atoms with Crippen molar-refractivity contribution in [1.82, 2.24) is 4.98 Å². The minimum absolute atomic E-state index is 0.739. The number of aromatic nitrogens is 1. The molecule has 0 atom stereocenters. The number of benzene rings is 2. The van der Waals surface area contributed by atoms with Crippen LogP contribution in [0.15, 0.2) is 34.8 Å². The van der Waals surface area contributed by atoms with Gasteiger partial charge in [-0.3, -0.25) is 0 Å². The van der Waals surface area contributed by atoms with Gasteiger partial charge in [-0.1, -0.05) is 38.9 Å². The van der Waals surface area contributed by atoms with Crippen molar-refractivity contribution in [3.8, 4) is 0 Å². The van der Waals surface area contributed by atoms with E-state index in [1.807, 2.05) is 18.2 Å². The number of nitrogens with zero attached hydrogens (tertiary/aromatic N) is 1. The lowest BCUT2D eigenvalue weighted by atomic mass is 10.1. The van der Waals surface area contributed by atoms with Gasteiger partial charge >= 0.3 is 0 Å². The van der Waals surface area contributed by atoms with Gasteiger partial charge in [0.15, 0.2) is 5.13 Å². The van der Waals surface area contributed by atoms with Crippen LogP contribution in [0.1, 0.15) is 11.1 Å². The molecular weight excluding hydrogens is 356 g/mol. The molecule has 1 N–H and O–H groups in total. The van der Waals surface area contributed by atoms with Crippen LogP contribution >= 0.6 is 38.9 Å². The second kappa shape index (κ2) is 5.35. The molecule has 3 aromatic rings. The van der Waals surface area contributed by atoms with Crippen molar-refractivity contribution in [2.75, 3.05) is 5.32 Å². The first kappa shape index (κ1) is 13.9. The molecule has 2 aromatic carbocycles. The average Bonchev–Trinajstić information content (AvgIpc) is 2.77. The highest BCUT2D eigenvalue weighted by Gasteiger charge is 2.07. The van der Waals surface area contributed by atoms with Crippen LogP contribution in [0.25, 0.3) is 10.2 Å². The van der Waals surface area contributed by atoms with E-state index in [9.17, 15) is 0 Å². The molecule has 0 spiro atoms. The van der Waals surface area contributed by atoms with Gasteiger partial charge in [0.25, 0.3) is 0 Å². The maximum absolute atomic E-state index is 6.00. The summed E-state index contributed by atoms with van der Waals surface area (Å²) in [5.74, 6) is 0. The Labute approximate surface area is 134 Å². The maximum atomic E-state index is 6.00. The highest BCUT2D eigenvalue weighted by molar-refractivity contribution is 9.10. The van der Waals surface area contributed by atoms with Crippen molar-refractivity contribution in [3.63, 3.8) is 0 Å². The van der Waals surface area contributed by atoms with Crippen molar-refractivity contribution >= 4 is 59.9 Å². The van der Waals surface area contributed by atoms with Gasteiger partial charge in [-0.25, -0.2) is 4.98 Å². The molecule has 0 fully saturated rings. The largest absolute Gasteiger partial charge is 0.332 e. The Bertz CT molecular complexity index is 775. The summed E-state index contributed by atoms with van der Waals surface area (Å²) in [5.41, 5.74) is 4.43. The molecule has 0 aliphatic heterocycles. The van der Waals surface area contributed by atoms with Crippen molar-refractivity contribution in [3.05, 3.63) is 51.0 Å². The van der Waals surface area contributed by atoms with Gasteiger partial charge in [-0.05, 0) is 55.3 Å². The van der Waals surface area contributed by atoms with E-state index in [2.05, 4.69) is 52.2 Å². The predicted octanol–water partition coefficient (Wildman–Crippen LogP) is 6.07. The van der Waals surface area contributed by atoms with Crippen LogP contribution in [0.3, 0.4) is 0 Å². The van der Waals surface area contributed by atoms with Crippen LogP contribution in [0.2, 0.25) is 5.02 Å². The van der Waals surface area contributed by atoms with Gasteiger partial charge in [0, 0.05) is 15.2 Å². The Morgan fingerprint density at radius 2 is 1.85 bits per heavy atom. The first-order valence-corrected chi connectivity index (χ1v) is 8.11. The van der Waals surface area contributed by atoms with E-state index in [0.29, 0.717) is 0 Å². The topological polar surface area (TPSA) is 24.9 Å². The minimum atomic E-state index is 0.739. The number of halogens is 2. The summed E-state index contributed by atoms with van der Waals surface area (Å²) in [6.45, 7) is 4.17. The molecule has 0 saturated carbocycles. The third kappa shape index (κ3) is 2.68. The number of thiazole rings is 1. The summed E-state index contributed by atoms with van der Waals surface area (Å²) < 4.78 is 2.24. The van der Waals surface area contributed by atoms with Crippen LogP contribution in [-0.2, 0) is 0 Å². The monoisotopic (exact) mass is 366 g/mol. The molecule has 0 aliphatic carbocycles. The summed E-state index contributed by atoms with van der Waals surface area (Å²) in [6.07, 6.45) is 0. The van der Waals surface area contributed by atoms with E-state index in [4.69, 9.17) is 11.6 Å². The summed E-state index contributed by atoms with van der Waals surface area (Å²) in [7, 11) is 0. The average molecular weight is 368 g/mol. The van der Waals surface area contributed by atoms with Gasteiger partial charge in [-0.15, -0.1) is 0 Å². The summed E-state index contributed by atoms with van der Waals surface area (Å²) in [4.78, 5) is 4.57. The molecule has 1 aromatic heterocycles. The second-order valence-corrected chi connectivity index (χ2v) is 6.94. The van der Waals surface area contributed by atoms with Crippen LogP contribution in [0.5, 0.6) is 0 Å². The molecular formula is C15H12BrClN2S. The molecule has 102 valence electrons. The number of aryl methyl sites for hydroxylation is 2. The highest BCUT2D eigenvalue weighted by Crippen LogP contribution is 2.32. The number of anilines is 2. The summed E-state index contributed by atoms with van der Waals surface area (Å²) in [6, 6.07) is 9.96. The quantitative estimate of drug-likeness (QED) is 0.594. The normalized spacial score (nSPS) is 11.0. The standard InChI is InChI=1S/C15H12BrClN2S/c1-8-5-11(6-9(2)14(8)16)18-15-19-12-4-3-10(17)7-13(12)20-15/h3-7H,1-2H3,(H,18,19). The molecule has 0 radical (unpaired) electrons. The molecule has 0 bridgehead atoms. The van der Waals surface area contributed by atoms with Gasteiger partial charge in [-0.2, -0.15) is 0 Å². The van der Waals surface area contributed by atoms with Crippen LogP contribution in [0, 0.1) is 13.8 Å². The summed E-state index contributed by atoms with van der Waals surface area (Å²) >= 11 is 11.2. The SMILES string of the molecule is Cc1cc(Nc2nc3ccc(Cl)cc3s2)cc(C)c1Br. The fraction of sp³-hybridized carbons (Fsp3) is 0.133. The molecule has 0 aliphatic rings. The fourth-order valence-corrected chi connectivity index (χ4v) is 3.48. The van der Waals surface area contributed by atoms with Crippen LogP contribution in [0.4, 0.5) is 10.8 Å². The number of rotatable bonds is 2. The van der Waals surface area contributed by atoms with E-state index < -0.39 is 0 Å². The van der Waals surface area contributed by atoms with Crippen molar-refractivity contribution < 1.29 is 0 Å². The zero-order valence-corrected chi connectivity index (χ0v) is 14.2.